The van der Waals surface area contributed by atoms with Crippen molar-refractivity contribution < 1.29 is 13.5 Å². The molecule has 0 aliphatic heterocycles. The average Bonchev–Trinajstić information content (AvgIpc) is 2.92. The van der Waals surface area contributed by atoms with Crippen LogP contribution >= 0.6 is 0 Å². The van der Waals surface area contributed by atoms with Crippen molar-refractivity contribution in [2.45, 2.75) is 37.4 Å². The Labute approximate surface area is 226 Å². The summed E-state index contributed by atoms with van der Waals surface area (Å²) in [6, 6.07) is 23.0. The number of nitrogens with zero attached hydrogens (tertiary/aromatic N) is 4. The fourth-order valence-electron chi connectivity index (χ4n) is 4.23. The number of nitrogen functional groups attached to an aromatic ring is 1. The minimum absolute atomic E-state index is 0.224. The zero-order valence-electron chi connectivity index (χ0n) is 21.7. The minimum Gasteiger partial charge on any atom is -0.384 e. The summed E-state index contributed by atoms with van der Waals surface area (Å²) in [5.74, 6) is -0.224. The van der Waals surface area contributed by atoms with Gasteiger partial charge in [-0.25, -0.2) is 23.1 Å². The van der Waals surface area contributed by atoms with Crippen molar-refractivity contribution in [2.75, 3.05) is 5.73 Å². The summed E-state index contributed by atoms with van der Waals surface area (Å²) < 4.78 is 29.8. The number of sulfonamides is 1. The molecule has 39 heavy (non-hydrogen) atoms. The molecule has 3 aromatic heterocycles. The number of fused-ring (bicyclic) bond motifs is 1. The van der Waals surface area contributed by atoms with E-state index in [-0.39, 0.29) is 10.8 Å². The van der Waals surface area contributed by atoms with E-state index in [0.29, 0.717) is 28.3 Å². The predicted octanol–water partition coefficient (Wildman–Crippen LogP) is 4.60. The molecule has 0 amide bonds. The van der Waals surface area contributed by atoms with E-state index in [4.69, 9.17) is 5.73 Å². The molecule has 0 saturated carbocycles. The maximum absolute atomic E-state index is 13.6. The van der Waals surface area contributed by atoms with Crippen LogP contribution in [0.2, 0.25) is 0 Å². The summed E-state index contributed by atoms with van der Waals surface area (Å²) in [6.45, 7) is 4.89. The molecule has 0 saturated heterocycles. The first-order valence-corrected chi connectivity index (χ1v) is 13.8. The lowest BCUT2D eigenvalue weighted by atomic mass is 10.0. The van der Waals surface area contributed by atoms with Gasteiger partial charge in [-0.05, 0) is 51.1 Å². The van der Waals surface area contributed by atoms with E-state index in [1.165, 1.54) is 0 Å². The minimum atomic E-state index is -4.22. The molecule has 0 spiro atoms. The van der Waals surface area contributed by atoms with Gasteiger partial charge < -0.3 is 10.8 Å². The van der Waals surface area contributed by atoms with Crippen molar-refractivity contribution in [1.82, 2.24) is 24.7 Å². The van der Waals surface area contributed by atoms with Crippen LogP contribution in [0.4, 0.5) is 5.82 Å². The van der Waals surface area contributed by atoms with E-state index in [1.54, 1.807) is 45.2 Å². The molecule has 3 heterocycles. The summed E-state index contributed by atoms with van der Waals surface area (Å²) in [5, 5.41) is 10.8. The van der Waals surface area contributed by atoms with Gasteiger partial charge in [0.15, 0.2) is 5.82 Å². The van der Waals surface area contributed by atoms with Gasteiger partial charge in [0.05, 0.1) is 34.3 Å². The number of aromatic nitrogens is 4. The molecule has 4 N–H and O–H groups in total. The van der Waals surface area contributed by atoms with Crippen molar-refractivity contribution in [3.05, 3.63) is 96.4 Å². The van der Waals surface area contributed by atoms with Gasteiger partial charge in [0.1, 0.15) is 5.60 Å². The summed E-state index contributed by atoms with van der Waals surface area (Å²) in [5.41, 5.74) is 8.96. The highest BCUT2D eigenvalue weighted by molar-refractivity contribution is 7.89. The molecule has 1 unspecified atom stereocenters. The number of nitrogens with one attached hydrogen (secondary N) is 1. The fraction of sp³-hybridized carbons (Fsp3) is 0.172. The number of hydrogen-bond donors (Lipinski definition) is 3. The van der Waals surface area contributed by atoms with E-state index in [0.717, 1.165) is 16.5 Å². The summed E-state index contributed by atoms with van der Waals surface area (Å²) in [7, 11) is -4.22. The molecular weight excluding hydrogens is 512 g/mol. The van der Waals surface area contributed by atoms with Crippen LogP contribution in [0.3, 0.4) is 0 Å². The lowest BCUT2D eigenvalue weighted by Gasteiger charge is -2.20. The quantitative estimate of drug-likeness (QED) is 0.272. The number of hydrogen-bond acceptors (Lipinski definition) is 8. The second-order valence-corrected chi connectivity index (χ2v) is 11.4. The van der Waals surface area contributed by atoms with Crippen molar-refractivity contribution in [3.8, 4) is 22.5 Å². The van der Waals surface area contributed by atoms with Gasteiger partial charge in [-0.2, -0.15) is 0 Å². The summed E-state index contributed by atoms with van der Waals surface area (Å²) in [6.07, 6.45) is 1.71. The molecule has 5 rings (SSSR count). The maximum atomic E-state index is 13.6. The predicted molar refractivity (Wildman–Crippen MR) is 151 cm³/mol. The van der Waals surface area contributed by atoms with E-state index < -0.39 is 21.7 Å². The van der Waals surface area contributed by atoms with E-state index in [9.17, 15) is 13.5 Å². The van der Waals surface area contributed by atoms with Crippen molar-refractivity contribution in [1.29, 1.82) is 0 Å². The third-order valence-corrected chi connectivity index (χ3v) is 7.71. The highest BCUT2D eigenvalue weighted by Gasteiger charge is 2.28. The fourth-order valence-corrected chi connectivity index (χ4v) is 5.46. The third-order valence-electron chi connectivity index (χ3n) is 6.24. The largest absolute Gasteiger partial charge is 0.384 e. The van der Waals surface area contributed by atoms with Gasteiger partial charge in [0.25, 0.3) is 10.0 Å². The number of pyridine rings is 2. The number of benzene rings is 2. The molecule has 0 fully saturated rings. The molecule has 198 valence electrons. The molecule has 0 aliphatic rings. The first-order chi connectivity index (χ1) is 18.5. The van der Waals surface area contributed by atoms with Crippen LogP contribution in [0.15, 0.2) is 90.1 Å². The molecule has 9 nitrogen and oxygen atoms in total. The van der Waals surface area contributed by atoms with Crippen molar-refractivity contribution in [2.24, 2.45) is 0 Å². The highest BCUT2D eigenvalue weighted by Crippen LogP contribution is 2.33. The highest BCUT2D eigenvalue weighted by atomic mass is 32.2. The normalized spacial score (nSPS) is 12.9. The lowest BCUT2D eigenvalue weighted by Crippen LogP contribution is -2.30. The topological polar surface area (TPSA) is 144 Å². The molecule has 2 aromatic carbocycles. The van der Waals surface area contributed by atoms with E-state index in [1.807, 2.05) is 60.7 Å². The van der Waals surface area contributed by atoms with Gasteiger partial charge in [-0.1, -0.05) is 48.5 Å². The number of aliphatic hydroxyl groups is 1. The Morgan fingerprint density at radius 1 is 0.872 bits per heavy atom. The SMILES string of the molecule is CC(NS(=O)(=O)c1nc(-c2ccc3ncccc3c2)c(-c2ccccc2)nc1N)c1cccc(C(C)(C)O)n1. The van der Waals surface area contributed by atoms with Gasteiger partial charge in [-0.15, -0.1) is 0 Å². The van der Waals surface area contributed by atoms with Gasteiger partial charge in [-0.3, -0.25) is 9.97 Å². The lowest BCUT2D eigenvalue weighted by molar-refractivity contribution is 0.0735. The Hall–Kier alpha value is -4.25. The van der Waals surface area contributed by atoms with Crippen LogP contribution in [0, 0.1) is 0 Å². The summed E-state index contributed by atoms with van der Waals surface area (Å²) in [4.78, 5) is 17.9. The first kappa shape index (κ1) is 26.4. The van der Waals surface area contributed by atoms with Crippen LogP contribution in [0.1, 0.15) is 38.2 Å². The zero-order valence-corrected chi connectivity index (χ0v) is 22.5. The van der Waals surface area contributed by atoms with Gasteiger partial charge in [0, 0.05) is 22.7 Å². The molecule has 5 aromatic rings. The van der Waals surface area contributed by atoms with Gasteiger partial charge in [0.2, 0.25) is 5.03 Å². The Morgan fingerprint density at radius 2 is 1.62 bits per heavy atom. The molecule has 0 radical (unpaired) electrons. The Morgan fingerprint density at radius 3 is 2.36 bits per heavy atom. The van der Waals surface area contributed by atoms with Crippen molar-refractivity contribution in [3.63, 3.8) is 0 Å². The Balaban J connectivity index is 1.60. The zero-order chi connectivity index (χ0) is 27.8. The van der Waals surface area contributed by atoms with Gasteiger partial charge >= 0.3 is 0 Å². The first-order valence-electron chi connectivity index (χ1n) is 12.3. The standard InChI is InChI=1S/C29H28N6O3S/c1-18(22-12-7-13-24(32-22)29(2,3)36)35-39(37,38)28-27(30)33-25(19-9-5-4-6-10-19)26(34-28)21-14-15-23-20(17-21)11-8-16-31-23/h4-18,35-36H,1-3H3,(H2,30,33). The van der Waals surface area contributed by atoms with E-state index >= 15 is 0 Å². The smallest absolute Gasteiger partial charge is 0.262 e. The molecule has 10 heteroatoms. The second-order valence-electron chi connectivity index (χ2n) is 9.74. The maximum Gasteiger partial charge on any atom is 0.262 e. The van der Waals surface area contributed by atoms with Crippen LogP contribution in [0.5, 0.6) is 0 Å². The third kappa shape index (κ3) is 5.49. The Kier molecular flexibility index (Phi) is 6.85. The molecule has 1 atom stereocenters. The van der Waals surface area contributed by atoms with Crippen LogP contribution in [0.25, 0.3) is 33.4 Å². The van der Waals surface area contributed by atoms with Crippen molar-refractivity contribution >= 4 is 26.7 Å². The van der Waals surface area contributed by atoms with Crippen LogP contribution < -0.4 is 10.5 Å². The van der Waals surface area contributed by atoms with Crippen LogP contribution in [-0.2, 0) is 15.6 Å². The monoisotopic (exact) mass is 540 g/mol. The average molecular weight is 541 g/mol. The van der Waals surface area contributed by atoms with E-state index in [2.05, 4.69) is 24.7 Å². The summed E-state index contributed by atoms with van der Waals surface area (Å²) >= 11 is 0. The molecule has 0 bridgehead atoms. The number of nitrogens with two attached hydrogens (primary N) is 1. The van der Waals surface area contributed by atoms with Crippen LogP contribution in [-0.4, -0.2) is 33.5 Å². The molecule has 0 aliphatic carbocycles. The second kappa shape index (κ2) is 10.1. The Bertz CT molecular complexity index is 1770. The number of rotatable bonds is 7. The molecular formula is C29H28N6O3S. The number of anilines is 1.